The molecule has 1 aliphatic rings. The molecule has 0 spiro atoms. The van der Waals surface area contributed by atoms with Gasteiger partial charge < -0.3 is 0 Å². The van der Waals surface area contributed by atoms with Crippen LogP contribution in [0, 0.1) is 6.92 Å². The van der Waals surface area contributed by atoms with E-state index in [4.69, 9.17) is 0 Å². The number of nitrogens with zero attached hydrogens (tertiary/aromatic N) is 2. The first kappa shape index (κ1) is 10.7. The molecule has 2 rings (SSSR count). The maximum absolute atomic E-state index is 11.6. The van der Waals surface area contributed by atoms with E-state index >= 15 is 0 Å². The topological polar surface area (TPSA) is 59.9 Å². The van der Waals surface area contributed by atoms with Crippen LogP contribution in [0.25, 0.3) is 0 Å². The van der Waals surface area contributed by atoms with Gasteiger partial charge in [-0.3, -0.25) is 9.59 Å². The number of carbonyl (C=O) groups excluding carboxylic acids is 2. The number of allylic oxidation sites excluding steroid dienone is 2. The summed E-state index contributed by atoms with van der Waals surface area (Å²) in [5.74, 6) is -0.479. The van der Waals surface area contributed by atoms with Crippen molar-refractivity contribution in [3.63, 3.8) is 0 Å². The monoisotopic (exact) mass is 216 g/mol. The second kappa shape index (κ2) is 3.96. The van der Waals surface area contributed by atoms with E-state index in [1.54, 1.807) is 0 Å². The van der Waals surface area contributed by atoms with Crippen molar-refractivity contribution in [3.05, 3.63) is 34.9 Å². The van der Waals surface area contributed by atoms with E-state index in [1.165, 1.54) is 12.2 Å². The van der Waals surface area contributed by atoms with Crippen LogP contribution in [0.15, 0.2) is 12.2 Å². The number of aromatic nitrogens is 2. The number of carbonyl (C=O) groups is 2. The minimum absolute atomic E-state index is 0.185. The van der Waals surface area contributed by atoms with Crippen molar-refractivity contribution in [2.24, 2.45) is 0 Å². The normalized spacial score (nSPS) is 14.1. The minimum Gasteiger partial charge on any atom is -0.287 e. The highest BCUT2D eigenvalue weighted by atomic mass is 16.1. The Kier molecular flexibility index (Phi) is 2.64. The van der Waals surface area contributed by atoms with Crippen LogP contribution < -0.4 is 0 Å². The van der Waals surface area contributed by atoms with Crippen LogP contribution in [0.1, 0.15) is 45.7 Å². The molecule has 0 bridgehead atoms. The van der Waals surface area contributed by atoms with Crippen molar-refractivity contribution in [2.45, 2.75) is 26.7 Å². The first-order chi connectivity index (χ1) is 7.63. The van der Waals surface area contributed by atoms with Crippen molar-refractivity contribution in [3.8, 4) is 0 Å². The third-order valence-electron chi connectivity index (χ3n) is 2.51. The second-order valence-electron chi connectivity index (χ2n) is 3.76. The molecule has 0 atom stereocenters. The van der Waals surface area contributed by atoms with Crippen LogP contribution in [0.4, 0.5) is 0 Å². The Labute approximate surface area is 93.4 Å². The van der Waals surface area contributed by atoms with Gasteiger partial charge >= 0.3 is 0 Å². The lowest BCUT2D eigenvalue weighted by atomic mass is 10.0. The summed E-state index contributed by atoms with van der Waals surface area (Å²) in [5, 5.41) is 0. The molecule has 0 saturated carbocycles. The number of rotatable bonds is 2. The average molecular weight is 216 g/mol. The highest BCUT2D eigenvalue weighted by Gasteiger charge is 2.23. The SMILES string of the molecule is CCCc1nc2c(nc1C)C(=O)C=CC2=O. The van der Waals surface area contributed by atoms with Gasteiger partial charge in [0.15, 0.2) is 0 Å². The summed E-state index contributed by atoms with van der Waals surface area (Å²) in [5.41, 5.74) is 1.92. The number of aryl methyl sites for hydroxylation is 2. The van der Waals surface area contributed by atoms with Gasteiger partial charge in [0.2, 0.25) is 11.6 Å². The lowest BCUT2D eigenvalue weighted by Gasteiger charge is -2.11. The van der Waals surface area contributed by atoms with Gasteiger partial charge in [-0.25, -0.2) is 9.97 Å². The van der Waals surface area contributed by atoms with Crippen LogP contribution >= 0.6 is 0 Å². The fourth-order valence-electron chi connectivity index (χ4n) is 1.68. The van der Waals surface area contributed by atoms with Gasteiger partial charge in [0.05, 0.1) is 11.4 Å². The summed E-state index contributed by atoms with van der Waals surface area (Å²) < 4.78 is 0. The van der Waals surface area contributed by atoms with E-state index in [0.29, 0.717) is 0 Å². The number of fused-ring (bicyclic) bond motifs is 1. The second-order valence-corrected chi connectivity index (χ2v) is 3.76. The molecule has 4 nitrogen and oxygen atoms in total. The zero-order valence-corrected chi connectivity index (χ0v) is 9.28. The summed E-state index contributed by atoms with van der Waals surface area (Å²) in [7, 11) is 0. The number of hydrogen-bond donors (Lipinski definition) is 0. The molecular weight excluding hydrogens is 204 g/mol. The molecule has 4 heteroatoms. The minimum atomic E-state index is -0.242. The standard InChI is InChI=1S/C12H12N2O2/c1-3-4-8-7(2)13-11-9(15)5-6-10(16)12(11)14-8/h5-6H,3-4H2,1-2H3. The summed E-state index contributed by atoms with van der Waals surface area (Å²) >= 11 is 0. The van der Waals surface area contributed by atoms with Crippen molar-refractivity contribution in [2.75, 3.05) is 0 Å². The zero-order chi connectivity index (χ0) is 11.7. The van der Waals surface area contributed by atoms with Crippen molar-refractivity contribution in [1.82, 2.24) is 9.97 Å². The fraction of sp³-hybridized carbons (Fsp3) is 0.333. The van der Waals surface area contributed by atoms with E-state index in [1.807, 2.05) is 13.8 Å². The molecule has 0 aliphatic heterocycles. The molecule has 0 N–H and O–H groups in total. The smallest absolute Gasteiger partial charge is 0.206 e. The predicted octanol–water partition coefficient (Wildman–Crippen LogP) is 1.67. The number of ketones is 2. The van der Waals surface area contributed by atoms with Crippen LogP contribution in [0.2, 0.25) is 0 Å². The third-order valence-corrected chi connectivity index (χ3v) is 2.51. The summed E-state index contributed by atoms with van der Waals surface area (Å²) in [6.45, 7) is 3.85. The Bertz CT molecular complexity index is 504. The van der Waals surface area contributed by atoms with Gasteiger partial charge in [0, 0.05) is 0 Å². The van der Waals surface area contributed by atoms with Gasteiger partial charge in [0.25, 0.3) is 0 Å². The largest absolute Gasteiger partial charge is 0.287 e. The van der Waals surface area contributed by atoms with Gasteiger partial charge in [-0.15, -0.1) is 0 Å². The van der Waals surface area contributed by atoms with Crippen LogP contribution in [-0.4, -0.2) is 21.5 Å². The molecule has 0 aromatic carbocycles. The molecule has 0 fully saturated rings. The van der Waals surface area contributed by atoms with Crippen molar-refractivity contribution >= 4 is 11.6 Å². The molecule has 0 amide bonds. The van der Waals surface area contributed by atoms with Crippen LogP contribution in [0.3, 0.4) is 0 Å². The van der Waals surface area contributed by atoms with E-state index < -0.39 is 0 Å². The molecule has 0 radical (unpaired) electrons. The Morgan fingerprint density at radius 3 is 2.19 bits per heavy atom. The fourth-order valence-corrected chi connectivity index (χ4v) is 1.68. The summed E-state index contributed by atoms with van der Waals surface area (Å²) in [6, 6.07) is 0. The maximum Gasteiger partial charge on any atom is 0.206 e. The summed E-state index contributed by atoms with van der Waals surface area (Å²) in [4.78, 5) is 31.5. The van der Waals surface area contributed by atoms with Gasteiger partial charge in [-0.1, -0.05) is 13.3 Å². The van der Waals surface area contributed by atoms with E-state index in [2.05, 4.69) is 9.97 Å². The van der Waals surface area contributed by atoms with E-state index in [9.17, 15) is 9.59 Å². The van der Waals surface area contributed by atoms with Crippen molar-refractivity contribution < 1.29 is 9.59 Å². The Morgan fingerprint density at radius 2 is 1.62 bits per heavy atom. The molecular formula is C12H12N2O2. The van der Waals surface area contributed by atoms with E-state index in [-0.39, 0.29) is 23.0 Å². The maximum atomic E-state index is 11.6. The zero-order valence-electron chi connectivity index (χ0n) is 9.28. The lowest BCUT2D eigenvalue weighted by molar-refractivity contribution is 0.0986. The molecule has 1 aromatic rings. The van der Waals surface area contributed by atoms with Crippen molar-refractivity contribution in [1.29, 1.82) is 0 Å². The predicted molar refractivity (Wildman–Crippen MR) is 58.6 cm³/mol. The van der Waals surface area contributed by atoms with Gasteiger partial charge in [-0.2, -0.15) is 0 Å². The molecule has 0 saturated heterocycles. The van der Waals surface area contributed by atoms with Gasteiger partial charge in [0.1, 0.15) is 11.4 Å². The molecule has 16 heavy (non-hydrogen) atoms. The quantitative estimate of drug-likeness (QED) is 0.754. The molecule has 0 unspecified atom stereocenters. The first-order valence-corrected chi connectivity index (χ1v) is 5.27. The molecule has 1 heterocycles. The Balaban J connectivity index is 2.58. The average Bonchev–Trinajstić information content (AvgIpc) is 2.26. The third kappa shape index (κ3) is 1.66. The number of hydrogen-bond acceptors (Lipinski definition) is 4. The van der Waals surface area contributed by atoms with E-state index in [0.717, 1.165) is 24.2 Å². The molecule has 1 aromatic heterocycles. The van der Waals surface area contributed by atoms with Crippen LogP contribution in [0.5, 0.6) is 0 Å². The first-order valence-electron chi connectivity index (χ1n) is 5.27. The van der Waals surface area contributed by atoms with Gasteiger partial charge in [-0.05, 0) is 25.5 Å². The lowest BCUT2D eigenvalue weighted by Crippen LogP contribution is -2.18. The Hall–Kier alpha value is -1.84. The molecule has 82 valence electrons. The van der Waals surface area contributed by atoms with Crippen LogP contribution in [-0.2, 0) is 6.42 Å². The highest BCUT2D eigenvalue weighted by molar-refractivity contribution is 6.20. The highest BCUT2D eigenvalue weighted by Crippen LogP contribution is 2.16. The summed E-state index contributed by atoms with van der Waals surface area (Å²) in [6.07, 6.45) is 4.21. The Morgan fingerprint density at radius 1 is 1.06 bits per heavy atom. The molecule has 1 aliphatic carbocycles.